The summed E-state index contributed by atoms with van der Waals surface area (Å²) in [6, 6.07) is 7.71. The summed E-state index contributed by atoms with van der Waals surface area (Å²) in [4.78, 5) is 12.0. The summed E-state index contributed by atoms with van der Waals surface area (Å²) in [6.07, 6.45) is 3.20. The molecule has 0 aliphatic carbocycles. The van der Waals surface area contributed by atoms with E-state index in [-0.39, 0.29) is 24.4 Å². The Balaban J connectivity index is 0.00000180. The van der Waals surface area contributed by atoms with E-state index in [4.69, 9.17) is 4.74 Å². The maximum absolute atomic E-state index is 12.0. The van der Waals surface area contributed by atoms with Gasteiger partial charge < -0.3 is 15.4 Å². The molecule has 1 fully saturated rings. The number of anilines is 1. The van der Waals surface area contributed by atoms with E-state index >= 15 is 0 Å². The van der Waals surface area contributed by atoms with E-state index < -0.39 is 0 Å². The van der Waals surface area contributed by atoms with Crippen molar-refractivity contribution in [2.75, 3.05) is 19.0 Å². The molecule has 106 valence electrons. The number of piperidine rings is 1. The highest BCUT2D eigenvalue weighted by Crippen LogP contribution is 2.14. The van der Waals surface area contributed by atoms with Crippen molar-refractivity contribution in [3.8, 4) is 0 Å². The van der Waals surface area contributed by atoms with Crippen LogP contribution in [0.15, 0.2) is 24.3 Å². The van der Waals surface area contributed by atoms with Gasteiger partial charge in [0.1, 0.15) is 0 Å². The minimum Gasteiger partial charge on any atom is -0.380 e. The summed E-state index contributed by atoms with van der Waals surface area (Å²) in [5.41, 5.74) is 1.90. The second-order valence-electron chi connectivity index (χ2n) is 4.63. The number of carbonyl (C=O) groups is 1. The van der Waals surface area contributed by atoms with Crippen molar-refractivity contribution in [3.05, 3.63) is 29.8 Å². The van der Waals surface area contributed by atoms with Crippen LogP contribution in [0.4, 0.5) is 5.69 Å². The quantitative estimate of drug-likeness (QED) is 0.892. The van der Waals surface area contributed by atoms with E-state index in [0.717, 1.165) is 37.1 Å². The second kappa shape index (κ2) is 8.15. The van der Waals surface area contributed by atoms with Crippen LogP contribution in [0.2, 0.25) is 0 Å². The predicted molar refractivity (Wildman–Crippen MR) is 78.7 cm³/mol. The Hall–Kier alpha value is -1.10. The van der Waals surface area contributed by atoms with Gasteiger partial charge in [0.2, 0.25) is 5.91 Å². The molecule has 2 N–H and O–H groups in total. The van der Waals surface area contributed by atoms with Crippen molar-refractivity contribution in [1.82, 2.24) is 5.32 Å². The van der Waals surface area contributed by atoms with E-state index in [9.17, 15) is 4.79 Å². The van der Waals surface area contributed by atoms with Gasteiger partial charge in [-0.05, 0) is 37.1 Å². The zero-order valence-electron chi connectivity index (χ0n) is 11.1. The lowest BCUT2D eigenvalue weighted by atomic mass is 10.0. The molecule has 1 aliphatic rings. The summed E-state index contributed by atoms with van der Waals surface area (Å²) >= 11 is 0. The van der Waals surface area contributed by atoms with Crippen LogP contribution in [0.25, 0.3) is 0 Å². The van der Waals surface area contributed by atoms with Crippen molar-refractivity contribution in [1.29, 1.82) is 0 Å². The SMILES string of the molecule is COCc1cccc(NC(=O)[C@@H]2CCCCN2)c1.Cl. The summed E-state index contributed by atoms with van der Waals surface area (Å²) in [5, 5.41) is 6.20. The van der Waals surface area contributed by atoms with E-state index in [1.165, 1.54) is 0 Å². The molecule has 1 aliphatic heterocycles. The average molecular weight is 285 g/mol. The molecule has 1 atom stereocenters. The van der Waals surface area contributed by atoms with E-state index in [2.05, 4.69) is 10.6 Å². The second-order valence-corrected chi connectivity index (χ2v) is 4.63. The molecule has 4 nitrogen and oxygen atoms in total. The maximum Gasteiger partial charge on any atom is 0.241 e. The summed E-state index contributed by atoms with van der Waals surface area (Å²) < 4.78 is 5.08. The molecule has 19 heavy (non-hydrogen) atoms. The van der Waals surface area contributed by atoms with Crippen LogP contribution in [0.5, 0.6) is 0 Å². The average Bonchev–Trinajstić information content (AvgIpc) is 2.40. The molecule has 0 saturated carbocycles. The van der Waals surface area contributed by atoms with Gasteiger partial charge in [-0.15, -0.1) is 12.4 Å². The van der Waals surface area contributed by atoms with Gasteiger partial charge in [-0.3, -0.25) is 4.79 Å². The monoisotopic (exact) mass is 284 g/mol. The number of rotatable bonds is 4. The molecule has 1 saturated heterocycles. The third-order valence-corrected chi connectivity index (χ3v) is 3.13. The predicted octanol–water partition coefficient (Wildman–Crippen LogP) is 2.34. The third kappa shape index (κ3) is 4.82. The molecule has 0 bridgehead atoms. The molecular weight excluding hydrogens is 264 g/mol. The number of halogens is 1. The van der Waals surface area contributed by atoms with Gasteiger partial charge in [0.15, 0.2) is 0 Å². The highest BCUT2D eigenvalue weighted by molar-refractivity contribution is 5.94. The number of amides is 1. The lowest BCUT2D eigenvalue weighted by Gasteiger charge is -2.22. The standard InChI is InChI=1S/C14H20N2O2.ClH/c1-18-10-11-5-4-6-12(9-11)16-14(17)13-7-2-3-8-15-13;/h4-6,9,13,15H,2-3,7-8,10H2,1H3,(H,16,17);1H/t13-;/m0./s1. The molecule has 0 aromatic heterocycles. The molecule has 1 heterocycles. The van der Waals surface area contributed by atoms with Crippen molar-refractivity contribution in [2.45, 2.75) is 31.9 Å². The number of nitrogens with one attached hydrogen (secondary N) is 2. The molecule has 1 aromatic carbocycles. The molecule has 0 radical (unpaired) electrons. The molecule has 1 aromatic rings. The number of hydrogen-bond donors (Lipinski definition) is 2. The summed E-state index contributed by atoms with van der Waals surface area (Å²) in [5.74, 6) is 0.0595. The molecule has 0 spiro atoms. The van der Waals surface area contributed by atoms with E-state index in [1.807, 2.05) is 24.3 Å². The number of ether oxygens (including phenoxy) is 1. The van der Waals surface area contributed by atoms with Crippen molar-refractivity contribution >= 4 is 24.0 Å². The van der Waals surface area contributed by atoms with Gasteiger partial charge in [0.25, 0.3) is 0 Å². The van der Waals surface area contributed by atoms with Crippen LogP contribution in [-0.2, 0) is 16.1 Å². The van der Waals surface area contributed by atoms with Crippen LogP contribution >= 0.6 is 12.4 Å². The fourth-order valence-electron chi connectivity index (χ4n) is 2.21. The lowest BCUT2D eigenvalue weighted by molar-refractivity contribution is -0.118. The number of hydrogen-bond acceptors (Lipinski definition) is 3. The van der Waals surface area contributed by atoms with Crippen LogP contribution in [0.3, 0.4) is 0 Å². The Morgan fingerprint density at radius 2 is 2.32 bits per heavy atom. The molecule has 5 heteroatoms. The van der Waals surface area contributed by atoms with E-state index in [0.29, 0.717) is 6.61 Å². The highest BCUT2D eigenvalue weighted by atomic mass is 35.5. The van der Waals surface area contributed by atoms with Gasteiger partial charge in [-0.2, -0.15) is 0 Å². The van der Waals surface area contributed by atoms with Gasteiger partial charge in [0.05, 0.1) is 12.6 Å². The fourth-order valence-corrected chi connectivity index (χ4v) is 2.21. The minimum absolute atomic E-state index is 0. The van der Waals surface area contributed by atoms with Crippen LogP contribution in [0.1, 0.15) is 24.8 Å². The zero-order chi connectivity index (χ0) is 12.8. The first-order chi connectivity index (χ1) is 8.79. The van der Waals surface area contributed by atoms with Gasteiger partial charge in [0, 0.05) is 12.8 Å². The first-order valence-electron chi connectivity index (χ1n) is 6.42. The van der Waals surface area contributed by atoms with E-state index in [1.54, 1.807) is 7.11 Å². The number of benzene rings is 1. The first-order valence-corrected chi connectivity index (χ1v) is 6.42. The number of carbonyl (C=O) groups excluding carboxylic acids is 1. The molecule has 2 rings (SSSR count). The van der Waals surface area contributed by atoms with Crippen molar-refractivity contribution in [2.24, 2.45) is 0 Å². The Morgan fingerprint density at radius 3 is 3.00 bits per heavy atom. The minimum atomic E-state index is -0.0511. The smallest absolute Gasteiger partial charge is 0.241 e. The third-order valence-electron chi connectivity index (χ3n) is 3.13. The molecule has 0 unspecified atom stereocenters. The van der Waals surface area contributed by atoms with Crippen molar-refractivity contribution in [3.63, 3.8) is 0 Å². The Bertz CT molecular complexity index is 406. The summed E-state index contributed by atoms with van der Waals surface area (Å²) in [7, 11) is 1.66. The first kappa shape index (κ1) is 16.0. The zero-order valence-corrected chi connectivity index (χ0v) is 12.0. The Morgan fingerprint density at radius 1 is 1.47 bits per heavy atom. The topological polar surface area (TPSA) is 50.4 Å². The van der Waals surface area contributed by atoms with Crippen molar-refractivity contribution < 1.29 is 9.53 Å². The summed E-state index contributed by atoms with van der Waals surface area (Å²) in [6.45, 7) is 1.49. The van der Waals surface area contributed by atoms with Gasteiger partial charge in [-0.25, -0.2) is 0 Å². The highest BCUT2D eigenvalue weighted by Gasteiger charge is 2.20. The number of methoxy groups -OCH3 is 1. The van der Waals surface area contributed by atoms with Crippen LogP contribution < -0.4 is 10.6 Å². The Kier molecular flexibility index (Phi) is 6.84. The van der Waals surface area contributed by atoms with Crippen LogP contribution in [-0.4, -0.2) is 25.6 Å². The normalized spacial score (nSPS) is 18.5. The molecule has 1 amide bonds. The largest absolute Gasteiger partial charge is 0.380 e. The fraction of sp³-hybridized carbons (Fsp3) is 0.500. The van der Waals surface area contributed by atoms with Crippen LogP contribution in [0, 0.1) is 0 Å². The molecular formula is C14H21ClN2O2. The van der Waals surface area contributed by atoms with Gasteiger partial charge in [-0.1, -0.05) is 18.6 Å². The Labute approximate surface area is 120 Å². The van der Waals surface area contributed by atoms with Gasteiger partial charge >= 0.3 is 0 Å². The maximum atomic E-state index is 12.0. The lowest BCUT2D eigenvalue weighted by Crippen LogP contribution is -2.43.